The Morgan fingerprint density at radius 3 is 1.83 bits per heavy atom. The van der Waals surface area contributed by atoms with Gasteiger partial charge in [0.2, 0.25) is 5.95 Å². The summed E-state index contributed by atoms with van der Waals surface area (Å²) in [4.78, 5) is 24.8. The van der Waals surface area contributed by atoms with Crippen molar-refractivity contribution in [3.05, 3.63) is 119 Å². The first-order valence-corrected chi connectivity index (χ1v) is 18.5. The number of carbonyl (C=O) groups is 1. The summed E-state index contributed by atoms with van der Waals surface area (Å²) in [5.74, 6) is 0.784. The van der Waals surface area contributed by atoms with Gasteiger partial charge in [0, 0.05) is 46.9 Å². The molecule has 3 aromatic carbocycles. The van der Waals surface area contributed by atoms with E-state index < -0.39 is 41.2 Å². The van der Waals surface area contributed by atoms with E-state index in [2.05, 4.69) is 15.4 Å². The normalized spacial score (nSPS) is 14.7. The number of carbonyl (C=O) groups excluding carboxylic acids is 1. The van der Waals surface area contributed by atoms with Gasteiger partial charge >= 0.3 is 18.4 Å². The number of benzene rings is 3. The second-order valence-corrected chi connectivity index (χ2v) is 15.0. The summed E-state index contributed by atoms with van der Waals surface area (Å²) in [5.41, 5.74) is 1.09. The molecule has 1 N–H and O–H groups in total. The maximum atomic E-state index is 13.8. The van der Waals surface area contributed by atoms with E-state index in [-0.39, 0.29) is 52.2 Å². The third kappa shape index (κ3) is 7.59. The molecule has 4 aromatic heterocycles. The Labute approximate surface area is 338 Å². The average molecular weight is 831 g/mol. The Kier molecular flexibility index (Phi) is 9.83. The molecule has 5 heterocycles. The van der Waals surface area contributed by atoms with E-state index >= 15 is 0 Å². The molecule has 60 heavy (non-hydrogen) atoms. The molecule has 8 rings (SSSR count). The number of hydrogen-bond acceptors (Lipinski definition) is 9. The number of pyridine rings is 2. The van der Waals surface area contributed by atoms with Crippen LogP contribution < -0.4 is 14.8 Å². The van der Waals surface area contributed by atoms with Gasteiger partial charge < -0.3 is 19.5 Å². The molecule has 1 unspecified atom stereocenters. The van der Waals surface area contributed by atoms with E-state index in [1.165, 1.54) is 40.3 Å². The molecule has 1 amide bonds. The fraction of sp³-hybridized carbons (Fsp3) is 0.262. The van der Waals surface area contributed by atoms with Crippen molar-refractivity contribution in [1.82, 2.24) is 34.1 Å². The summed E-state index contributed by atoms with van der Waals surface area (Å²) in [6, 6.07) is 17.5. The van der Waals surface area contributed by atoms with Crippen molar-refractivity contribution in [3.63, 3.8) is 0 Å². The molecule has 0 fully saturated rings. The lowest BCUT2D eigenvalue weighted by atomic mass is 9.91. The molecule has 7 aromatic rings. The molecule has 0 radical (unpaired) electrons. The van der Waals surface area contributed by atoms with Crippen LogP contribution in [0.15, 0.2) is 91.3 Å². The van der Waals surface area contributed by atoms with E-state index in [1.54, 1.807) is 69.6 Å². The van der Waals surface area contributed by atoms with Crippen LogP contribution in [0.5, 0.6) is 11.5 Å². The average Bonchev–Trinajstić information content (AvgIpc) is 3.82. The number of methoxy groups -OCH3 is 2. The molecule has 12 nitrogen and oxygen atoms in total. The summed E-state index contributed by atoms with van der Waals surface area (Å²) in [6.07, 6.45) is -6.16. The zero-order valence-electron chi connectivity index (χ0n) is 32.7. The van der Waals surface area contributed by atoms with E-state index in [9.17, 15) is 31.1 Å². The highest BCUT2D eigenvalue weighted by Gasteiger charge is 2.38. The van der Waals surface area contributed by atoms with Crippen LogP contribution in [-0.4, -0.2) is 66.6 Å². The fourth-order valence-corrected chi connectivity index (χ4v) is 7.24. The van der Waals surface area contributed by atoms with Gasteiger partial charge in [-0.2, -0.15) is 31.3 Å². The fourth-order valence-electron chi connectivity index (χ4n) is 7.24. The van der Waals surface area contributed by atoms with Crippen LogP contribution in [-0.2, 0) is 23.5 Å². The van der Waals surface area contributed by atoms with Crippen LogP contribution in [0, 0.1) is 0 Å². The highest BCUT2D eigenvalue weighted by atomic mass is 19.4. The Bertz CT molecular complexity index is 2770. The zero-order valence-corrected chi connectivity index (χ0v) is 32.7. The van der Waals surface area contributed by atoms with Crippen LogP contribution in [0.25, 0.3) is 33.5 Å². The van der Waals surface area contributed by atoms with Crippen molar-refractivity contribution < 1.29 is 45.3 Å². The van der Waals surface area contributed by atoms with Gasteiger partial charge in [-0.15, -0.1) is 10.2 Å². The maximum Gasteiger partial charge on any atom is 0.416 e. The lowest BCUT2D eigenvalue weighted by Gasteiger charge is -2.36. The predicted molar refractivity (Wildman–Crippen MR) is 208 cm³/mol. The van der Waals surface area contributed by atoms with Gasteiger partial charge in [0.25, 0.3) is 0 Å². The third-order valence-corrected chi connectivity index (χ3v) is 9.87. The summed E-state index contributed by atoms with van der Waals surface area (Å²) in [7, 11) is 2.74. The molecule has 310 valence electrons. The highest BCUT2D eigenvalue weighted by Crippen LogP contribution is 2.42. The van der Waals surface area contributed by atoms with Gasteiger partial charge in [0.1, 0.15) is 23.1 Å². The largest absolute Gasteiger partial charge is 0.496 e. The van der Waals surface area contributed by atoms with Crippen LogP contribution in [0.3, 0.4) is 0 Å². The number of aromatic nitrogens is 6. The molecular formula is C42H36F6N8O4. The molecule has 1 atom stereocenters. The number of amides is 1. The standard InChI is InChI=1S/C42H36F6N8O4/c1-40(2,3)60-39(57)54-19-16-23-20-26(49-38-51-37-29(9-7-18-56(37)53-38)31-22-25(42(46,47)48)11-15-33(31)59-5)12-13-27(23)34(54)35-50-36-28(8-6-17-55(36)52-35)30-21-24(41(43,44)45)10-14-32(30)58-4/h6-15,17-18,20-22,34H,16,19H2,1-5H3,(H,49,53). The summed E-state index contributed by atoms with van der Waals surface area (Å²) in [5, 5.41) is 12.5. The zero-order chi connectivity index (χ0) is 42.7. The van der Waals surface area contributed by atoms with E-state index in [0.29, 0.717) is 28.8 Å². The number of hydrogen-bond donors (Lipinski definition) is 1. The molecule has 0 bridgehead atoms. The van der Waals surface area contributed by atoms with Crippen molar-refractivity contribution in [2.75, 3.05) is 26.1 Å². The van der Waals surface area contributed by atoms with Gasteiger partial charge in [0.15, 0.2) is 17.1 Å². The molecule has 0 saturated carbocycles. The van der Waals surface area contributed by atoms with Crippen LogP contribution in [0.2, 0.25) is 0 Å². The first-order valence-electron chi connectivity index (χ1n) is 18.5. The SMILES string of the molecule is COc1ccc(C(F)(F)F)cc1-c1cccn2nc(Nc3ccc4c(c3)CCN(C(=O)OC(C)(C)C)C4c3nc4c(-c5cc(C(F)(F)F)ccc5OC)cccn4n3)nc12. The van der Waals surface area contributed by atoms with Crippen molar-refractivity contribution in [2.45, 2.75) is 51.2 Å². The van der Waals surface area contributed by atoms with Crippen LogP contribution >= 0.6 is 0 Å². The van der Waals surface area contributed by atoms with E-state index in [1.807, 2.05) is 6.07 Å². The van der Waals surface area contributed by atoms with Gasteiger partial charge in [-0.1, -0.05) is 6.07 Å². The predicted octanol–water partition coefficient (Wildman–Crippen LogP) is 9.79. The number of anilines is 2. The lowest BCUT2D eigenvalue weighted by molar-refractivity contribution is -0.138. The van der Waals surface area contributed by atoms with Gasteiger partial charge in [-0.3, -0.25) is 4.90 Å². The molecule has 0 spiro atoms. The highest BCUT2D eigenvalue weighted by molar-refractivity contribution is 5.83. The molecule has 1 aliphatic heterocycles. The first kappa shape index (κ1) is 40.0. The van der Waals surface area contributed by atoms with E-state index in [0.717, 1.165) is 29.8 Å². The number of nitrogens with zero attached hydrogens (tertiary/aromatic N) is 7. The molecule has 1 aliphatic rings. The first-order chi connectivity index (χ1) is 28.4. The summed E-state index contributed by atoms with van der Waals surface area (Å²) in [6.45, 7) is 5.45. The maximum absolute atomic E-state index is 13.8. The van der Waals surface area contributed by atoms with Crippen molar-refractivity contribution in [3.8, 4) is 33.8 Å². The minimum Gasteiger partial charge on any atom is -0.496 e. The van der Waals surface area contributed by atoms with Crippen LogP contribution in [0.1, 0.15) is 54.9 Å². The number of ether oxygens (including phenoxy) is 3. The van der Waals surface area contributed by atoms with Crippen molar-refractivity contribution in [1.29, 1.82) is 0 Å². The smallest absolute Gasteiger partial charge is 0.416 e. The minimum absolute atomic E-state index is 0.155. The molecule has 18 heteroatoms. The Morgan fingerprint density at radius 2 is 1.28 bits per heavy atom. The van der Waals surface area contributed by atoms with Gasteiger partial charge in [0.05, 0.1) is 25.3 Å². The number of rotatable bonds is 7. The number of halogens is 6. The number of fused-ring (bicyclic) bond motifs is 3. The Morgan fingerprint density at radius 1 is 0.717 bits per heavy atom. The Balaban J connectivity index is 1.18. The summed E-state index contributed by atoms with van der Waals surface area (Å²) < 4.78 is 102. The monoisotopic (exact) mass is 830 g/mol. The van der Waals surface area contributed by atoms with Gasteiger partial charge in [-0.25, -0.2) is 18.8 Å². The Hall–Kier alpha value is -6.85. The van der Waals surface area contributed by atoms with Crippen molar-refractivity contribution >= 4 is 29.0 Å². The third-order valence-electron chi connectivity index (χ3n) is 9.87. The van der Waals surface area contributed by atoms with E-state index in [4.69, 9.17) is 24.3 Å². The van der Waals surface area contributed by atoms with Crippen molar-refractivity contribution in [2.24, 2.45) is 0 Å². The number of nitrogens with one attached hydrogen (secondary N) is 1. The molecule has 0 saturated heterocycles. The topological polar surface area (TPSA) is 120 Å². The molecule has 0 aliphatic carbocycles. The number of alkyl halides is 6. The molecular weight excluding hydrogens is 795 g/mol. The summed E-state index contributed by atoms with van der Waals surface area (Å²) >= 11 is 0. The minimum atomic E-state index is -4.61. The quantitative estimate of drug-likeness (QED) is 0.157. The van der Waals surface area contributed by atoms with Gasteiger partial charge in [-0.05, 0) is 111 Å². The lowest BCUT2D eigenvalue weighted by Crippen LogP contribution is -2.43. The second-order valence-electron chi connectivity index (χ2n) is 15.0. The van der Waals surface area contributed by atoms with Crippen LogP contribution in [0.4, 0.5) is 42.8 Å². The second kappa shape index (κ2) is 14.8.